The summed E-state index contributed by atoms with van der Waals surface area (Å²) < 4.78 is 26.3. The average Bonchev–Trinajstić information content (AvgIpc) is 2.40. The minimum atomic E-state index is -1.51. The van der Waals surface area contributed by atoms with Gasteiger partial charge in [-0.3, -0.25) is 4.79 Å². The molecule has 0 unspecified atom stereocenters. The Morgan fingerprint density at radius 3 is 1.95 bits per heavy atom. The van der Waals surface area contributed by atoms with E-state index < -0.39 is 34.6 Å². The molecule has 1 aromatic carbocycles. The second-order valence-corrected chi connectivity index (χ2v) is 3.90. The molecule has 0 saturated heterocycles. The van der Waals surface area contributed by atoms with Crippen molar-refractivity contribution in [3.63, 3.8) is 0 Å². The Bertz CT molecular complexity index is 560. The van der Waals surface area contributed by atoms with Gasteiger partial charge in [0.2, 0.25) is 0 Å². The van der Waals surface area contributed by atoms with Crippen LogP contribution in [-0.2, 0) is 0 Å². The third-order valence-corrected chi connectivity index (χ3v) is 2.51. The largest absolute Gasteiger partial charge is 0.478 e. The molecule has 1 amide bonds. The van der Waals surface area contributed by atoms with Crippen LogP contribution >= 0.6 is 0 Å². The van der Waals surface area contributed by atoms with Crippen LogP contribution in [-0.4, -0.2) is 35.0 Å². The Morgan fingerprint density at radius 1 is 1.10 bits per heavy atom. The fourth-order valence-corrected chi connectivity index (χ4v) is 1.62. The number of carbonyl (C=O) groups is 2. The predicted molar refractivity (Wildman–Crippen MR) is 69.6 cm³/mol. The molecule has 0 aliphatic heterocycles. The zero-order chi connectivity index (χ0) is 15.3. The molecule has 20 heavy (non-hydrogen) atoms. The van der Waals surface area contributed by atoms with Gasteiger partial charge in [0.1, 0.15) is 0 Å². The molecule has 1 N–H and O–H groups in total. The number of hydrogen-bond acceptors (Lipinski definition) is 2. The van der Waals surface area contributed by atoms with Crippen molar-refractivity contribution in [1.82, 2.24) is 4.90 Å². The Kier molecular flexibility index (Phi) is 5.14. The van der Waals surface area contributed by atoms with Crippen LogP contribution in [0.2, 0.25) is 0 Å². The van der Waals surface area contributed by atoms with Crippen LogP contribution in [0.3, 0.4) is 0 Å². The molecule has 106 valence electrons. The lowest BCUT2D eigenvalue weighted by Crippen LogP contribution is -2.32. The fraction of sp³-hybridized carbons (Fsp3) is 0.143. The van der Waals surface area contributed by atoms with Crippen LogP contribution < -0.4 is 0 Å². The third-order valence-electron chi connectivity index (χ3n) is 2.51. The van der Waals surface area contributed by atoms with Gasteiger partial charge in [-0.05, 0) is 12.1 Å². The van der Waals surface area contributed by atoms with Gasteiger partial charge in [-0.2, -0.15) is 0 Å². The molecular weight excluding hydrogens is 268 g/mol. The minimum Gasteiger partial charge on any atom is -0.478 e. The van der Waals surface area contributed by atoms with E-state index in [4.69, 9.17) is 5.11 Å². The van der Waals surface area contributed by atoms with Crippen molar-refractivity contribution in [3.8, 4) is 0 Å². The van der Waals surface area contributed by atoms with Crippen LogP contribution in [0.25, 0.3) is 0 Å². The number of aromatic carboxylic acids is 1. The van der Waals surface area contributed by atoms with E-state index in [-0.39, 0.29) is 13.1 Å². The Balaban J connectivity index is 3.32. The van der Waals surface area contributed by atoms with Crippen molar-refractivity contribution in [1.29, 1.82) is 0 Å². The van der Waals surface area contributed by atoms with E-state index in [1.165, 1.54) is 17.1 Å². The molecule has 1 rings (SSSR count). The number of carboxylic acid groups (broad SMARTS) is 1. The van der Waals surface area contributed by atoms with E-state index in [0.717, 1.165) is 0 Å². The van der Waals surface area contributed by atoms with Crippen molar-refractivity contribution in [2.45, 2.75) is 0 Å². The summed E-state index contributed by atoms with van der Waals surface area (Å²) in [6.07, 6.45) is 2.86. The van der Waals surface area contributed by atoms with Crippen molar-refractivity contribution >= 4 is 11.9 Å². The first-order valence-corrected chi connectivity index (χ1v) is 5.65. The Hall–Kier alpha value is -2.50. The lowest BCUT2D eigenvalue weighted by atomic mass is 10.1. The number of rotatable bonds is 6. The van der Waals surface area contributed by atoms with Gasteiger partial charge in [-0.1, -0.05) is 12.2 Å². The number of carboxylic acids is 1. The SMILES string of the molecule is C=CCN(CC=C)C(=O)c1cc(F)c(F)cc1C(=O)O. The van der Waals surface area contributed by atoms with Crippen molar-refractivity contribution in [2.75, 3.05) is 13.1 Å². The average molecular weight is 281 g/mol. The molecular formula is C14H13F2NO3. The van der Waals surface area contributed by atoms with Gasteiger partial charge >= 0.3 is 5.97 Å². The zero-order valence-electron chi connectivity index (χ0n) is 10.6. The molecule has 0 aromatic heterocycles. The lowest BCUT2D eigenvalue weighted by Gasteiger charge is -2.20. The normalized spacial score (nSPS) is 9.90. The number of hydrogen-bond donors (Lipinski definition) is 1. The fourth-order valence-electron chi connectivity index (χ4n) is 1.62. The summed E-state index contributed by atoms with van der Waals surface area (Å²) in [5.41, 5.74) is -1.01. The number of nitrogens with zero attached hydrogens (tertiary/aromatic N) is 1. The molecule has 0 aliphatic rings. The van der Waals surface area contributed by atoms with Crippen LogP contribution in [0.15, 0.2) is 37.4 Å². The molecule has 0 atom stereocenters. The second-order valence-electron chi connectivity index (χ2n) is 3.90. The predicted octanol–water partition coefficient (Wildman–Crippen LogP) is 2.48. The quantitative estimate of drug-likeness (QED) is 0.815. The first kappa shape index (κ1) is 15.6. The van der Waals surface area contributed by atoms with E-state index in [1.807, 2.05) is 0 Å². The third kappa shape index (κ3) is 3.28. The molecule has 0 radical (unpaired) electrons. The highest BCUT2D eigenvalue weighted by atomic mass is 19.2. The molecule has 0 aliphatic carbocycles. The summed E-state index contributed by atoms with van der Waals surface area (Å²) in [4.78, 5) is 24.4. The molecule has 0 spiro atoms. The maximum Gasteiger partial charge on any atom is 0.336 e. The summed E-state index contributed by atoms with van der Waals surface area (Å²) in [5, 5.41) is 8.97. The van der Waals surface area contributed by atoms with E-state index >= 15 is 0 Å². The van der Waals surface area contributed by atoms with Crippen LogP contribution in [0, 0.1) is 11.6 Å². The smallest absolute Gasteiger partial charge is 0.336 e. The maximum absolute atomic E-state index is 13.2. The van der Waals surface area contributed by atoms with E-state index in [9.17, 15) is 18.4 Å². The van der Waals surface area contributed by atoms with Gasteiger partial charge in [-0.25, -0.2) is 13.6 Å². The topological polar surface area (TPSA) is 57.6 Å². The molecule has 6 heteroatoms. The van der Waals surface area contributed by atoms with E-state index in [0.29, 0.717) is 12.1 Å². The highest BCUT2D eigenvalue weighted by Crippen LogP contribution is 2.17. The van der Waals surface area contributed by atoms with E-state index in [2.05, 4.69) is 13.2 Å². The standard InChI is InChI=1S/C14H13F2NO3/c1-3-5-17(6-4-2)13(18)9-7-11(15)12(16)8-10(9)14(19)20/h3-4,7-8H,1-2,5-6H2,(H,19,20). The highest BCUT2D eigenvalue weighted by Gasteiger charge is 2.23. The molecule has 0 saturated carbocycles. The van der Waals surface area contributed by atoms with Gasteiger partial charge in [0.05, 0.1) is 11.1 Å². The Labute approximate surface area is 114 Å². The molecule has 0 heterocycles. The number of amides is 1. The number of carbonyl (C=O) groups excluding carboxylic acids is 1. The van der Waals surface area contributed by atoms with Crippen LogP contribution in [0.5, 0.6) is 0 Å². The van der Waals surface area contributed by atoms with Gasteiger partial charge < -0.3 is 10.0 Å². The highest BCUT2D eigenvalue weighted by molar-refractivity contribution is 6.04. The van der Waals surface area contributed by atoms with Gasteiger partial charge in [-0.15, -0.1) is 13.2 Å². The van der Waals surface area contributed by atoms with Crippen molar-refractivity contribution in [2.24, 2.45) is 0 Å². The van der Waals surface area contributed by atoms with Gasteiger partial charge in [0, 0.05) is 13.1 Å². The summed E-state index contributed by atoms with van der Waals surface area (Å²) in [7, 11) is 0. The number of benzene rings is 1. The first-order valence-electron chi connectivity index (χ1n) is 5.65. The summed E-state index contributed by atoms with van der Waals surface area (Å²) in [6, 6.07) is 1.07. The summed E-state index contributed by atoms with van der Waals surface area (Å²) in [5.74, 6) is -4.85. The zero-order valence-corrected chi connectivity index (χ0v) is 10.6. The number of halogens is 2. The second kappa shape index (κ2) is 6.60. The van der Waals surface area contributed by atoms with Crippen molar-refractivity contribution in [3.05, 3.63) is 60.2 Å². The minimum absolute atomic E-state index is 0.128. The van der Waals surface area contributed by atoms with E-state index in [1.54, 1.807) is 0 Å². The molecule has 4 nitrogen and oxygen atoms in total. The van der Waals surface area contributed by atoms with Crippen LogP contribution in [0.1, 0.15) is 20.7 Å². The monoisotopic (exact) mass is 281 g/mol. The molecule has 0 bridgehead atoms. The lowest BCUT2D eigenvalue weighted by molar-refractivity contribution is 0.0680. The first-order chi connectivity index (χ1) is 9.42. The molecule has 1 aromatic rings. The summed E-state index contributed by atoms with van der Waals surface area (Å²) in [6.45, 7) is 7.19. The van der Waals surface area contributed by atoms with Gasteiger partial charge in [0.15, 0.2) is 11.6 Å². The molecule has 0 fully saturated rings. The van der Waals surface area contributed by atoms with Gasteiger partial charge in [0.25, 0.3) is 5.91 Å². The maximum atomic E-state index is 13.2. The van der Waals surface area contributed by atoms with Crippen molar-refractivity contribution < 1.29 is 23.5 Å². The Morgan fingerprint density at radius 2 is 1.55 bits per heavy atom. The summed E-state index contributed by atoms with van der Waals surface area (Å²) >= 11 is 0. The van der Waals surface area contributed by atoms with Crippen LogP contribution in [0.4, 0.5) is 8.78 Å².